The highest BCUT2D eigenvalue weighted by molar-refractivity contribution is 5.92. The molecule has 21 heavy (non-hydrogen) atoms. The van der Waals surface area contributed by atoms with E-state index in [0.717, 1.165) is 25.2 Å². The molecule has 5 heteroatoms. The zero-order valence-corrected chi connectivity index (χ0v) is 12.0. The van der Waals surface area contributed by atoms with Gasteiger partial charge in [0.2, 0.25) is 5.91 Å². The van der Waals surface area contributed by atoms with Gasteiger partial charge in [-0.15, -0.1) is 0 Å². The van der Waals surface area contributed by atoms with Crippen LogP contribution in [-0.2, 0) is 17.8 Å². The summed E-state index contributed by atoms with van der Waals surface area (Å²) < 4.78 is 2.07. The molecule has 2 rings (SSSR count). The standard InChI is InChI=1S/C16H18N4O/c1-2-15-18-9-11-20(15)10-5-8-16(21)19-14-7-4-3-6-13(14)12-17/h3-4,6-7,9,11H,2,5,8,10H2,1H3,(H,19,21). The Morgan fingerprint density at radius 3 is 3.00 bits per heavy atom. The van der Waals surface area contributed by atoms with Crippen molar-refractivity contribution in [3.8, 4) is 6.07 Å². The first kappa shape index (κ1) is 14.8. The average Bonchev–Trinajstić information content (AvgIpc) is 2.95. The second-order valence-electron chi connectivity index (χ2n) is 4.70. The third-order valence-electron chi connectivity index (χ3n) is 3.24. The van der Waals surface area contributed by atoms with Crippen LogP contribution in [0.5, 0.6) is 0 Å². The van der Waals surface area contributed by atoms with Gasteiger partial charge in [0.05, 0.1) is 11.3 Å². The van der Waals surface area contributed by atoms with Crippen LogP contribution in [0.15, 0.2) is 36.7 Å². The number of nitrogens with zero attached hydrogens (tertiary/aromatic N) is 3. The first-order chi connectivity index (χ1) is 10.2. The van der Waals surface area contributed by atoms with Crippen molar-refractivity contribution in [1.82, 2.24) is 9.55 Å². The molecule has 5 nitrogen and oxygen atoms in total. The zero-order chi connectivity index (χ0) is 15.1. The fourth-order valence-corrected chi connectivity index (χ4v) is 2.17. The smallest absolute Gasteiger partial charge is 0.224 e. The van der Waals surface area contributed by atoms with Gasteiger partial charge in [0.25, 0.3) is 0 Å². The van der Waals surface area contributed by atoms with E-state index >= 15 is 0 Å². The highest BCUT2D eigenvalue weighted by atomic mass is 16.1. The lowest BCUT2D eigenvalue weighted by Crippen LogP contribution is -2.13. The molecule has 1 aromatic carbocycles. The molecule has 0 unspecified atom stereocenters. The van der Waals surface area contributed by atoms with E-state index in [1.165, 1.54) is 0 Å². The summed E-state index contributed by atoms with van der Waals surface area (Å²) in [6.45, 7) is 2.83. The maximum atomic E-state index is 11.9. The van der Waals surface area contributed by atoms with Gasteiger partial charge in [0.1, 0.15) is 11.9 Å². The van der Waals surface area contributed by atoms with Crippen molar-refractivity contribution in [1.29, 1.82) is 5.26 Å². The van der Waals surface area contributed by atoms with Gasteiger partial charge in [-0.2, -0.15) is 5.26 Å². The maximum Gasteiger partial charge on any atom is 0.224 e. The van der Waals surface area contributed by atoms with Crippen molar-refractivity contribution < 1.29 is 4.79 Å². The lowest BCUT2D eigenvalue weighted by molar-refractivity contribution is -0.116. The van der Waals surface area contributed by atoms with Crippen molar-refractivity contribution in [2.75, 3.05) is 5.32 Å². The molecule has 0 fully saturated rings. The molecule has 0 aliphatic rings. The molecule has 108 valence electrons. The van der Waals surface area contributed by atoms with E-state index in [1.54, 1.807) is 30.5 Å². The van der Waals surface area contributed by atoms with Gasteiger partial charge in [0, 0.05) is 31.8 Å². The number of nitrogens with one attached hydrogen (secondary N) is 1. The van der Waals surface area contributed by atoms with Crippen molar-refractivity contribution in [3.05, 3.63) is 48.0 Å². The highest BCUT2D eigenvalue weighted by Crippen LogP contribution is 2.14. The van der Waals surface area contributed by atoms with E-state index < -0.39 is 0 Å². The summed E-state index contributed by atoms with van der Waals surface area (Å²) in [7, 11) is 0. The van der Waals surface area contributed by atoms with Crippen LogP contribution in [0.4, 0.5) is 5.69 Å². The molecule has 0 radical (unpaired) electrons. The Bertz CT molecular complexity index is 654. The number of para-hydroxylation sites is 1. The molecule has 2 aromatic rings. The first-order valence-corrected chi connectivity index (χ1v) is 7.03. The van der Waals surface area contributed by atoms with Crippen LogP contribution in [0.1, 0.15) is 31.2 Å². The van der Waals surface area contributed by atoms with E-state index in [1.807, 2.05) is 6.20 Å². The molecule has 0 atom stereocenters. The normalized spacial score (nSPS) is 10.1. The molecule has 0 aliphatic heterocycles. The van der Waals surface area contributed by atoms with Gasteiger partial charge in [-0.25, -0.2) is 4.98 Å². The fraction of sp³-hybridized carbons (Fsp3) is 0.312. The van der Waals surface area contributed by atoms with Crippen LogP contribution in [-0.4, -0.2) is 15.5 Å². The van der Waals surface area contributed by atoms with Gasteiger partial charge in [0.15, 0.2) is 0 Å². The van der Waals surface area contributed by atoms with Gasteiger partial charge in [-0.3, -0.25) is 4.79 Å². The molecular formula is C16H18N4O. The van der Waals surface area contributed by atoms with Crippen molar-refractivity contribution in [2.24, 2.45) is 0 Å². The Kier molecular flexibility index (Phi) is 5.10. The molecule has 0 spiro atoms. The Morgan fingerprint density at radius 1 is 1.43 bits per heavy atom. The summed E-state index contributed by atoms with van der Waals surface area (Å²) in [6, 6.07) is 9.07. The molecule has 0 bridgehead atoms. The number of benzene rings is 1. The van der Waals surface area contributed by atoms with Crippen LogP contribution >= 0.6 is 0 Å². The molecule has 1 N–H and O–H groups in total. The highest BCUT2D eigenvalue weighted by Gasteiger charge is 2.07. The third-order valence-corrected chi connectivity index (χ3v) is 3.24. The molecule has 0 saturated carbocycles. The molecular weight excluding hydrogens is 264 g/mol. The van der Waals surface area contributed by atoms with Gasteiger partial charge in [-0.05, 0) is 18.6 Å². The van der Waals surface area contributed by atoms with Crippen molar-refractivity contribution >= 4 is 11.6 Å². The van der Waals surface area contributed by atoms with Crippen LogP contribution in [0.3, 0.4) is 0 Å². The quantitative estimate of drug-likeness (QED) is 0.885. The maximum absolute atomic E-state index is 11.9. The molecule has 1 heterocycles. The number of carbonyl (C=O) groups is 1. The summed E-state index contributed by atoms with van der Waals surface area (Å²) in [6.07, 6.45) is 5.75. The number of nitriles is 1. The lowest BCUT2D eigenvalue weighted by atomic mass is 10.2. The van der Waals surface area contributed by atoms with Crippen LogP contribution < -0.4 is 5.32 Å². The minimum absolute atomic E-state index is 0.0733. The van der Waals surface area contributed by atoms with E-state index in [0.29, 0.717) is 17.7 Å². The number of amides is 1. The Morgan fingerprint density at radius 2 is 2.24 bits per heavy atom. The summed E-state index contributed by atoms with van der Waals surface area (Å²) in [5.41, 5.74) is 1.05. The number of anilines is 1. The second-order valence-corrected chi connectivity index (χ2v) is 4.70. The summed E-state index contributed by atoms with van der Waals surface area (Å²) >= 11 is 0. The predicted octanol–water partition coefficient (Wildman–Crippen LogP) is 2.74. The predicted molar refractivity (Wildman–Crippen MR) is 80.6 cm³/mol. The number of aryl methyl sites for hydroxylation is 2. The van der Waals surface area contributed by atoms with Crippen LogP contribution in [0.2, 0.25) is 0 Å². The average molecular weight is 282 g/mol. The number of rotatable bonds is 6. The van der Waals surface area contributed by atoms with E-state index in [4.69, 9.17) is 5.26 Å². The van der Waals surface area contributed by atoms with Crippen LogP contribution in [0.25, 0.3) is 0 Å². The fourth-order valence-electron chi connectivity index (χ4n) is 2.17. The van der Waals surface area contributed by atoms with Gasteiger partial charge in [-0.1, -0.05) is 19.1 Å². The summed E-state index contributed by atoms with van der Waals surface area (Å²) in [5.74, 6) is 0.959. The minimum atomic E-state index is -0.0733. The van der Waals surface area contributed by atoms with Crippen LogP contribution in [0, 0.1) is 11.3 Å². The number of carbonyl (C=O) groups excluding carboxylic acids is 1. The van der Waals surface area contributed by atoms with E-state index in [9.17, 15) is 4.79 Å². The zero-order valence-electron chi connectivity index (χ0n) is 12.0. The number of hydrogen-bond donors (Lipinski definition) is 1. The first-order valence-electron chi connectivity index (χ1n) is 7.03. The number of hydrogen-bond acceptors (Lipinski definition) is 3. The molecule has 1 amide bonds. The molecule has 0 aliphatic carbocycles. The molecule has 0 saturated heterocycles. The van der Waals surface area contributed by atoms with Gasteiger partial charge >= 0.3 is 0 Å². The Labute approximate surface area is 124 Å². The Balaban J connectivity index is 1.84. The van der Waals surface area contributed by atoms with E-state index in [2.05, 4.69) is 27.9 Å². The monoisotopic (exact) mass is 282 g/mol. The third kappa shape index (κ3) is 3.93. The second kappa shape index (κ2) is 7.25. The Hall–Kier alpha value is -2.61. The largest absolute Gasteiger partial charge is 0.335 e. The van der Waals surface area contributed by atoms with Crippen molar-refractivity contribution in [3.63, 3.8) is 0 Å². The van der Waals surface area contributed by atoms with Gasteiger partial charge < -0.3 is 9.88 Å². The lowest BCUT2D eigenvalue weighted by Gasteiger charge is -2.08. The van der Waals surface area contributed by atoms with Crippen molar-refractivity contribution in [2.45, 2.75) is 32.7 Å². The van der Waals surface area contributed by atoms with E-state index in [-0.39, 0.29) is 5.91 Å². The minimum Gasteiger partial charge on any atom is -0.335 e. The topological polar surface area (TPSA) is 70.7 Å². The summed E-state index contributed by atoms with van der Waals surface area (Å²) in [4.78, 5) is 16.2. The number of imidazole rings is 1. The SMILES string of the molecule is CCc1nccn1CCCC(=O)Nc1ccccc1C#N. The molecule has 1 aromatic heterocycles. The number of aromatic nitrogens is 2. The summed E-state index contributed by atoms with van der Waals surface area (Å²) in [5, 5.41) is 11.8.